The molecule has 1 saturated carbocycles. The summed E-state index contributed by atoms with van der Waals surface area (Å²) in [6.45, 7) is 4.93. The highest BCUT2D eigenvalue weighted by Crippen LogP contribution is 2.68. The highest BCUT2D eigenvalue weighted by Gasteiger charge is 2.70. The molecule has 2 aliphatic rings. The van der Waals surface area contributed by atoms with Crippen LogP contribution in [0.15, 0.2) is 30.3 Å². The summed E-state index contributed by atoms with van der Waals surface area (Å²) < 4.78 is 0. The molecule has 0 aromatic heterocycles. The van der Waals surface area contributed by atoms with Crippen LogP contribution in [0.4, 0.5) is 0 Å². The van der Waals surface area contributed by atoms with Crippen molar-refractivity contribution in [2.45, 2.75) is 18.9 Å². The van der Waals surface area contributed by atoms with Crippen molar-refractivity contribution >= 4 is 0 Å². The zero-order valence-corrected chi connectivity index (χ0v) is 10.8. The van der Waals surface area contributed by atoms with Gasteiger partial charge in [0.1, 0.15) is 0 Å². The lowest BCUT2D eigenvalue weighted by Gasteiger charge is -2.14. The average Bonchev–Trinajstić information content (AvgIpc) is 2.95. The molecular formula is C15H21NO2. The predicted molar refractivity (Wildman–Crippen MR) is 70.3 cm³/mol. The summed E-state index contributed by atoms with van der Waals surface area (Å²) in [7, 11) is 0. The monoisotopic (exact) mass is 247 g/mol. The van der Waals surface area contributed by atoms with Gasteiger partial charge in [-0.3, -0.25) is 0 Å². The van der Waals surface area contributed by atoms with Crippen LogP contribution in [-0.2, 0) is 0 Å². The van der Waals surface area contributed by atoms with Crippen LogP contribution in [0.2, 0.25) is 0 Å². The van der Waals surface area contributed by atoms with Crippen molar-refractivity contribution in [2.75, 3.05) is 26.2 Å². The molecule has 3 heteroatoms. The normalized spacial score (nSPS) is 39.4. The maximum absolute atomic E-state index is 10.4. The molecule has 98 valence electrons. The van der Waals surface area contributed by atoms with Gasteiger partial charge in [0.25, 0.3) is 0 Å². The molecule has 0 amide bonds. The van der Waals surface area contributed by atoms with Gasteiger partial charge in [-0.25, -0.2) is 0 Å². The maximum Gasteiger partial charge on any atom is 0.0745 e. The Bertz CT molecular complexity index is 422. The summed E-state index contributed by atoms with van der Waals surface area (Å²) in [6, 6.07) is 10.3. The molecule has 1 aliphatic heterocycles. The van der Waals surface area contributed by atoms with Crippen molar-refractivity contribution in [3.05, 3.63) is 35.9 Å². The van der Waals surface area contributed by atoms with Crippen molar-refractivity contribution < 1.29 is 10.2 Å². The number of β-amino-alcohol motifs (C(OH)–C–C–N with tert-alkyl or cyclic N) is 1. The van der Waals surface area contributed by atoms with Gasteiger partial charge in [-0.15, -0.1) is 0 Å². The molecule has 1 spiro atoms. The van der Waals surface area contributed by atoms with E-state index in [1.807, 2.05) is 18.2 Å². The SMILES string of the molecule is CCN1C[C@@H](O)[C@@]2(C1)[C@H](CO)[C@H]2c1ccccc1. The number of hydrogen-bond acceptors (Lipinski definition) is 3. The van der Waals surface area contributed by atoms with Crippen LogP contribution in [0.3, 0.4) is 0 Å². The summed E-state index contributed by atoms with van der Waals surface area (Å²) in [5, 5.41) is 20.0. The fourth-order valence-corrected chi connectivity index (χ4v) is 3.90. The van der Waals surface area contributed by atoms with E-state index in [0.717, 1.165) is 19.6 Å². The van der Waals surface area contributed by atoms with Crippen LogP contribution in [0.1, 0.15) is 18.4 Å². The molecular weight excluding hydrogens is 226 g/mol. The zero-order valence-electron chi connectivity index (χ0n) is 10.8. The number of rotatable bonds is 3. The van der Waals surface area contributed by atoms with Gasteiger partial charge in [-0.1, -0.05) is 37.3 Å². The van der Waals surface area contributed by atoms with Gasteiger partial charge in [0.05, 0.1) is 6.10 Å². The van der Waals surface area contributed by atoms with Gasteiger partial charge in [-0.2, -0.15) is 0 Å². The number of aliphatic hydroxyl groups is 2. The molecule has 0 radical (unpaired) electrons. The summed E-state index contributed by atoms with van der Waals surface area (Å²) in [4.78, 5) is 2.29. The molecule has 18 heavy (non-hydrogen) atoms. The van der Waals surface area contributed by atoms with Crippen molar-refractivity contribution in [3.63, 3.8) is 0 Å². The highest BCUT2D eigenvalue weighted by molar-refractivity contribution is 5.36. The van der Waals surface area contributed by atoms with Gasteiger partial charge in [-0.05, 0) is 23.9 Å². The average molecular weight is 247 g/mol. The summed E-state index contributed by atoms with van der Waals surface area (Å²) in [5.41, 5.74) is 1.15. The second-order valence-electron chi connectivity index (χ2n) is 5.63. The van der Waals surface area contributed by atoms with Crippen molar-refractivity contribution in [3.8, 4) is 0 Å². The molecule has 3 nitrogen and oxygen atoms in total. The quantitative estimate of drug-likeness (QED) is 0.840. The largest absolute Gasteiger partial charge is 0.396 e. The Kier molecular flexibility index (Phi) is 2.93. The van der Waals surface area contributed by atoms with E-state index in [-0.39, 0.29) is 24.0 Å². The van der Waals surface area contributed by atoms with Crippen LogP contribution in [-0.4, -0.2) is 47.5 Å². The van der Waals surface area contributed by atoms with Crippen LogP contribution in [0, 0.1) is 11.3 Å². The first-order valence-corrected chi connectivity index (χ1v) is 6.80. The van der Waals surface area contributed by atoms with Gasteiger partial charge in [0.15, 0.2) is 0 Å². The van der Waals surface area contributed by atoms with Gasteiger partial charge in [0, 0.05) is 25.1 Å². The molecule has 1 heterocycles. The first-order valence-electron chi connectivity index (χ1n) is 6.80. The Balaban J connectivity index is 1.89. The topological polar surface area (TPSA) is 43.7 Å². The first-order chi connectivity index (χ1) is 8.74. The molecule has 0 unspecified atom stereocenters. The molecule has 3 rings (SSSR count). The van der Waals surface area contributed by atoms with E-state index >= 15 is 0 Å². The second-order valence-corrected chi connectivity index (χ2v) is 5.63. The van der Waals surface area contributed by atoms with E-state index in [4.69, 9.17) is 0 Å². The minimum atomic E-state index is -0.306. The highest BCUT2D eigenvalue weighted by atomic mass is 16.3. The predicted octanol–water partition coefficient (Wildman–Crippen LogP) is 1.08. The minimum Gasteiger partial charge on any atom is -0.396 e. The van der Waals surface area contributed by atoms with E-state index in [2.05, 4.69) is 24.0 Å². The minimum absolute atomic E-state index is 0.105. The Labute approximate surface area is 108 Å². The summed E-state index contributed by atoms with van der Waals surface area (Å²) >= 11 is 0. The third-order valence-corrected chi connectivity index (χ3v) is 4.91. The number of likely N-dealkylation sites (tertiary alicyclic amines) is 1. The van der Waals surface area contributed by atoms with Gasteiger partial charge >= 0.3 is 0 Å². The molecule has 2 N–H and O–H groups in total. The number of hydrogen-bond donors (Lipinski definition) is 2. The van der Waals surface area contributed by atoms with E-state index in [0.29, 0.717) is 5.92 Å². The lowest BCUT2D eigenvalue weighted by Crippen LogP contribution is -2.23. The Morgan fingerprint density at radius 2 is 2.06 bits per heavy atom. The van der Waals surface area contributed by atoms with Crippen molar-refractivity contribution in [1.29, 1.82) is 0 Å². The molecule has 0 bridgehead atoms. The van der Waals surface area contributed by atoms with Crippen molar-refractivity contribution in [2.24, 2.45) is 11.3 Å². The summed E-state index contributed by atoms with van der Waals surface area (Å²) in [5.74, 6) is 0.529. The molecule has 1 aromatic carbocycles. The molecule has 4 atom stereocenters. The maximum atomic E-state index is 10.4. The summed E-state index contributed by atoms with van der Waals surface area (Å²) in [6.07, 6.45) is -0.306. The smallest absolute Gasteiger partial charge is 0.0745 e. The molecule has 1 saturated heterocycles. The molecule has 2 fully saturated rings. The van der Waals surface area contributed by atoms with Gasteiger partial charge in [0.2, 0.25) is 0 Å². The fourth-order valence-electron chi connectivity index (χ4n) is 3.90. The molecule has 1 aliphatic carbocycles. The zero-order chi connectivity index (χ0) is 12.8. The Morgan fingerprint density at radius 1 is 1.33 bits per heavy atom. The number of aliphatic hydroxyl groups excluding tert-OH is 2. The molecule has 1 aromatic rings. The van der Waals surface area contributed by atoms with Gasteiger partial charge < -0.3 is 15.1 Å². The van der Waals surface area contributed by atoms with Crippen LogP contribution >= 0.6 is 0 Å². The van der Waals surface area contributed by atoms with Crippen molar-refractivity contribution in [1.82, 2.24) is 4.90 Å². The Hall–Kier alpha value is -0.900. The number of benzene rings is 1. The van der Waals surface area contributed by atoms with Crippen LogP contribution in [0.25, 0.3) is 0 Å². The van der Waals surface area contributed by atoms with E-state index in [9.17, 15) is 10.2 Å². The third kappa shape index (κ3) is 1.54. The second kappa shape index (κ2) is 4.34. The number of nitrogens with zero attached hydrogens (tertiary/aromatic N) is 1. The number of likely N-dealkylation sites (N-methyl/N-ethyl adjacent to an activating group) is 1. The van der Waals surface area contributed by atoms with Crippen LogP contribution < -0.4 is 0 Å². The standard InChI is InChI=1S/C15H21NO2/c1-2-16-8-13(18)15(10-16)12(9-17)14(15)11-6-4-3-5-7-11/h3-7,12-14,17-18H,2,8-10H2,1H3/t12-,13-,14-,15-/m1/s1. The van der Waals surface area contributed by atoms with E-state index in [1.165, 1.54) is 5.56 Å². The van der Waals surface area contributed by atoms with E-state index < -0.39 is 0 Å². The first kappa shape index (κ1) is 12.2. The van der Waals surface area contributed by atoms with E-state index in [1.54, 1.807) is 0 Å². The third-order valence-electron chi connectivity index (χ3n) is 4.91. The van der Waals surface area contributed by atoms with Crippen LogP contribution in [0.5, 0.6) is 0 Å². The Morgan fingerprint density at radius 3 is 2.61 bits per heavy atom. The lowest BCUT2D eigenvalue weighted by atomic mass is 9.95. The lowest BCUT2D eigenvalue weighted by molar-refractivity contribution is 0.111. The fraction of sp³-hybridized carbons (Fsp3) is 0.600.